The third kappa shape index (κ3) is 4.84. The summed E-state index contributed by atoms with van der Waals surface area (Å²) in [7, 11) is 0. The van der Waals surface area contributed by atoms with Crippen LogP contribution in [0.25, 0.3) is 11.0 Å². The maximum atomic E-state index is 13.5. The molecule has 7 nitrogen and oxygen atoms in total. The Bertz CT molecular complexity index is 1240. The van der Waals surface area contributed by atoms with Crippen LogP contribution in [0, 0.1) is 5.41 Å². The van der Waals surface area contributed by atoms with Crippen molar-refractivity contribution >= 4 is 22.8 Å². The highest BCUT2D eigenvalue weighted by Gasteiger charge is 2.42. The summed E-state index contributed by atoms with van der Waals surface area (Å²) in [5.74, 6) is 1.04. The molecule has 2 aromatic carbocycles. The number of hydrogen-bond donors (Lipinski definition) is 1. The number of rotatable bonds is 2. The van der Waals surface area contributed by atoms with Gasteiger partial charge in [-0.2, -0.15) is 0 Å². The van der Waals surface area contributed by atoms with Crippen LogP contribution in [-0.4, -0.2) is 52.0 Å². The number of carbonyl (C=O) groups excluding carboxylic acids is 2. The van der Waals surface area contributed by atoms with Gasteiger partial charge in [-0.05, 0) is 75.8 Å². The smallest absolute Gasteiger partial charge is 0.253 e. The van der Waals surface area contributed by atoms with Gasteiger partial charge in [0.2, 0.25) is 5.91 Å². The number of piperidine rings is 1. The Labute approximate surface area is 212 Å². The number of aryl methyl sites for hydroxylation is 2. The summed E-state index contributed by atoms with van der Waals surface area (Å²) < 4.78 is 8.13. The lowest BCUT2D eigenvalue weighted by molar-refractivity contribution is -0.135. The van der Waals surface area contributed by atoms with Crippen molar-refractivity contribution in [2.75, 3.05) is 19.7 Å². The van der Waals surface area contributed by atoms with Gasteiger partial charge in [-0.25, -0.2) is 4.98 Å². The van der Waals surface area contributed by atoms with Gasteiger partial charge in [0.1, 0.15) is 12.4 Å². The van der Waals surface area contributed by atoms with Gasteiger partial charge in [0.05, 0.1) is 28.8 Å². The third-order valence-corrected chi connectivity index (χ3v) is 7.89. The van der Waals surface area contributed by atoms with Gasteiger partial charge in [0.25, 0.3) is 5.91 Å². The fourth-order valence-corrected chi connectivity index (χ4v) is 5.62. The lowest BCUT2D eigenvalue weighted by atomic mass is 9.73. The molecule has 1 fully saturated rings. The predicted octanol–water partition coefficient (Wildman–Crippen LogP) is 4.59. The van der Waals surface area contributed by atoms with E-state index >= 15 is 0 Å². The SMILES string of the molecule is CCn1cnc2cc(C(=O)N3CCC4(CCCCc5ccccc5OC[C@H](C)NC4=O)CC3)ccc21. The largest absolute Gasteiger partial charge is 0.491 e. The molecule has 1 aromatic heterocycles. The van der Waals surface area contributed by atoms with Crippen molar-refractivity contribution in [1.29, 1.82) is 0 Å². The van der Waals surface area contributed by atoms with Crippen molar-refractivity contribution in [3.63, 3.8) is 0 Å². The lowest BCUT2D eigenvalue weighted by Gasteiger charge is -2.41. The van der Waals surface area contributed by atoms with Crippen LogP contribution in [0.2, 0.25) is 0 Å². The minimum atomic E-state index is -0.437. The summed E-state index contributed by atoms with van der Waals surface area (Å²) in [6.45, 7) is 6.53. The highest BCUT2D eigenvalue weighted by molar-refractivity contribution is 5.97. The number of fused-ring (bicyclic) bond motifs is 2. The number of carbonyl (C=O) groups is 2. The Kier molecular flexibility index (Phi) is 6.99. The summed E-state index contributed by atoms with van der Waals surface area (Å²) >= 11 is 0. The van der Waals surface area contributed by atoms with E-state index in [4.69, 9.17) is 4.74 Å². The van der Waals surface area contributed by atoms with E-state index in [1.165, 1.54) is 5.56 Å². The normalized spacial score (nSPS) is 20.7. The molecule has 1 saturated heterocycles. The van der Waals surface area contributed by atoms with E-state index in [0.29, 0.717) is 38.1 Å². The van der Waals surface area contributed by atoms with E-state index in [2.05, 4.69) is 33.9 Å². The molecule has 190 valence electrons. The lowest BCUT2D eigenvalue weighted by Crippen LogP contribution is -2.52. The highest BCUT2D eigenvalue weighted by Crippen LogP contribution is 2.38. The number of amides is 2. The molecule has 0 aliphatic carbocycles. The highest BCUT2D eigenvalue weighted by atomic mass is 16.5. The summed E-state index contributed by atoms with van der Waals surface area (Å²) in [5, 5.41) is 3.21. The van der Waals surface area contributed by atoms with Gasteiger partial charge in [-0.1, -0.05) is 24.6 Å². The predicted molar refractivity (Wildman–Crippen MR) is 140 cm³/mol. The molecule has 3 heterocycles. The topological polar surface area (TPSA) is 76.5 Å². The second-order valence-electron chi connectivity index (χ2n) is 10.3. The summed E-state index contributed by atoms with van der Waals surface area (Å²) in [6, 6.07) is 13.9. The third-order valence-electron chi connectivity index (χ3n) is 7.89. The number of imidazole rings is 1. The zero-order valence-electron chi connectivity index (χ0n) is 21.3. The summed E-state index contributed by atoms with van der Waals surface area (Å²) in [6.07, 6.45) is 6.96. The first-order valence-electron chi connectivity index (χ1n) is 13.2. The van der Waals surface area contributed by atoms with Crippen molar-refractivity contribution in [3.8, 4) is 5.75 Å². The average Bonchev–Trinajstić information content (AvgIpc) is 3.32. The quantitative estimate of drug-likeness (QED) is 0.573. The van der Waals surface area contributed by atoms with E-state index in [0.717, 1.165) is 49.0 Å². The van der Waals surface area contributed by atoms with Crippen LogP contribution in [0.3, 0.4) is 0 Å². The zero-order chi connectivity index (χ0) is 25.1. The van der Waals surface area contributed by atoms with Gasteiger partial charge < -0.3 is 19.5 Å². The number of aromatic nitrogens is 2. The summed E-state index contributed by atoms with van der Waals surface area (Å²) in [5.41, 5.74) is 3.33. The summed E-state index contributed by atoms with van der Waals surface area (Å²) in [4.78, 5) is 33.2. The standard InChI is InChI=1S/C29H36N4O3/c1-3-32-20-30-24-18-23(11-12-25(24)32)27(34)33-16-14-29(15-17-33)13-7-6-9-22-8-4-5-10-26(22)36-19-21(2)31-28(29)35/h4-5,8,10-12,18,20-21H,3,6-7,9,13-17,19H2,1-2H3,(H,31,35)/t21-/m0/s1. The average molecular weight is 489 g/mol. The van der Waals surface area contributed by atoms with Crippen molar-refractivity contribution < 1.29 is 14.3 Å². The van der Waals surface area contributed by atoms with Crippen molar-refractivity contribution in [2.45, 2.75) is 65.0 Å². The number of para-hydroxylation sites is 1. The monoisotopic (exact) mass is 488 g/mol. The van der Waals surface area contributed by atoms with Crippen molar-refractivity contribution in [1.82, 2.24) is 19.8 Å². The van der Waals surface area contributed by atoms with Crippen LogP contribution < -0.4 is 10.1 Å². The van der Waals surface area contributed by atoms with Crippen LogP contribution in [-0.2, 0) is 17.8 Å². The van der Waals surface area contributed by atoms with Gasteiger partial charge in [0.15, 0.2) is 0 Å². The van der Waals surface area contributed by atoms with Crippen molar-refractivity contribution in [3.05, 3.63) is 59.9 Å². The molecule has 1 spiro atoms. The molecule has 0 bridgehead atoms. The van der Waals surface area contributed by atoms with E-state index in [1.54, 1.807) is 0 Å². The molecule has 7 heteroatoms. The fraction of sp³-hybridized carbons (Fsp3) is 0.483. The van der Waals surface area contributed by atoms with Gasteiger partial charge in [-0.15, -0.1) is 0 Å². The molecule has 2 aliphatic heterocycles. The number of nitrogens with one attached hydrogen (secondary N) is 1. The molecular weight excluding hydrogens is 452 g/mol. The molecule has 0 radical (unpaired) electrons. The number of hydrogen-bond acceptors (Lipinski definition) is 4. The van der Waals surface area contributed by atoms with E-state index in [1.807, 2.05) is 48.5 Å². The zero-order valence-corrected chi connectivity index (χ0v) is 21.3. The van der Waals surface area contributed by atoms with Gasteiger partial charge in [0, 0.05) is 25.2 Å². The first-order chi connectivity index (χ1) is 17.5. The van der Waals surface area contributed by atoms with E-state index in [9.17, 15) is 9.59 Å². The Morgan fingerprint density at radius 3 is 2.75 bits per heavy atom. The molecule has 2 amide bonds. The van der Waals surface area contributed by atoms with Crippen LogP contribution >= 0.6 is 0 Å². The van der Waals surface area contributed by atoms with Gasteiger partial charge >= 0.3 is 0 Å². The Morgan fingerprint density at radius 2 is 1.94 bits per heavy atom. The van der Waals surface area contributed by atoms with Crippen LogP contribution in [0.5, 0.6) is 5.75 Å². The minimum Gasteiger partial charge on any atom is -0.491 e. The Hall–Kier alpha value is -3.35. The maximum Gasteiger partial charge on any atom is 0.253 e. The van der Waals surface area contributed by atoms with E-state index < -0.39 is 5.41 Å². The second kappa shape index (κ2) is 10.3. The fourth-order valence-electron chi connectivity index (χ4n) is 5.62. The molecule has 0 saturated carbocycles. The van der Waals surface area contributed by atoms with Crippen LogP contribution in [0.1, 0.15) is 61.9 Å². The molecule has 3 aromatic rings. The minimum absolute atomic E-state index is 0.0183. The molecule has 0 unspecified atom stereocenters. The van der Waals surface area contributed by atoms with Crippen LogP contribution in [0.4, 0.5) is 0 Å². The number of nitrogens with zero attached hydrogens (tertiary/aromatic N) is 3. The molecular formula is C29H36N4O3. The molecule has 5 rings (SSSR count). The Balaban J connectivity index is 1.28. The van der Waals surface area contributed by atoms with Crippen molar-refractivity contribution in [2.24, 2.45) is 5.41 Å². The molecule has 1 N–H and O–H groups in total. The Morgan fingerprint density at radius 1 is 1.14 bits per heavy atom. The molecule has 1 atom stereocenters. The van der Waals surface area contributed by atoms with Crippen LogP contribution in [0.15, 0.2) is 48.8 Å². The van der Waals surface area contributed by atoms with Gasteiger partial charge in [-0.3, -0.25) is 9.59 Å². The number of likely N-dealkylation sites (tertiary alicyclic amines) is 1. The molecule has 2 aliphatic rings. The number of benzene rings is 2. The number of ether oxygens (including phenoxy) is 1. The first-order valence-corrected chi connectivity index (χ1v) is 13.2. The molecule has 36 heavy (non-hydrogen) atoms. The first kappa shape index (κ1) is 24.3. The second-order valence-corrected chi connectivity index (χ2v) is 10.3. The van der Waals surface area contributed by atoms with E-state index in [-0.39, 0.29) is 17.9 Å². The maximum absolute atomic E-state index is 13.5.